The summed E-state index contributed by atoms with van der Waals surface area (Å²) in [5.74, 6) is -3.69. The zero-order valence-electron chi connectivity index (χ0n) is 31.0. The lowest BCUT2D eigenvalue weighted by atomic mass is 9.73. The molecule has 2 aromatic heterocycles. The van der Waals surface area contributed by atoms with E-state index in [0.717, 1.165) is 18.5 Å². The van der Waals surface area contributed by atoms with Crippen molar-refractivity contribution in [1.82, 2.24) is 40.0 Å². The number of carbonyl (C=O) groups excluding carboxylic acids is 4. The highest BCUT2D eigenvalue weighted by molar-refractivity contribution is 7.91. The van der Waals surface area contributed by atoms with E-state index in [1.54, 1.807) is 36.9 Å². The van der Waals surface area contributed by atoms with Crippen LogP contribution < -0.4 is 20.1 Å². The van der Waals surface area contributed by atoms with Crippen LogP contribution in [0.5, 0.6) is 5.88 Å². The van der Waals surface area contributed by atoms with Crippen LogP contribution in [-0.4, -0.2) is 92.2 Å². The van der Waals surface area contributed by atoms with E-state index in [2.05, 4.69) is 30.4 Å². The summed E-state index contributed by atoms with van der Waals surface area (Å²) in [7, 11) is -2.25. The van der Waals surface area contributed by atoms with Crippen LogP contribution in [-0.2, 0) is 37.9 Å². The summed E-state index contributed by atoms with van der Waals surface area (Å²) in [5, 5.41) is 9.28. The predicted octanol–water partition coefficient (Wildman–Crippen LogP) is 2.69. The Morgan fingerprint density at radius 3 is 2.56 bits per heavy atom. The first-order valence-corrected chi connectivity index (χ1v) is 20.3. The first-order valence-electron chi connectivity index (χ1n) is 18.8. The van der Waals surface area contributed by atoms with Gasteiger partial charge in [0.1, 0.15) is 40.9 Å². The molecule has 1 saturated carbocycles. The summed E-state index contributed by atoms with van der Waals surface area (Å²) in [4.78, 5) is 66.9. The fourth-order valence-corrected chi connectivity index (χ4v) is 8.63. The predicted molar refractivity (Wildman–Crippen MR) is 198 cm³/mol. The highest BCUT2D eigenvalue weighted by Crippen LogP contribution is 2.36. The van der Waals surface area contributed by atoms with Gasteiger partial charge in [0.15, 0.2) is 0 Å². The number of hydrogen-bond acceptors (Lipinski definition) is 10. The molecule has 0 spiro atoms. The Morgan fingerprint density at radius 1 is 1.07 bits per heavy atom. The average Bonchev–Trinajstić information content (AvgIpc) is 3.85. The Morgan fingerprint density at radius 2 is 1.87 bits per heavy atom. The lowest BCUT2D eigenvalue weighted by Gasteiger charge is -2.42. The van der Waals surface area contributed by atoms with Gasteiger partial charge in [-0.25, -0.2) is 22.8 Å². The second-order valence-corrected chi connectivity index (χ2v) is 16.7. The molecule has 4 heterocycles. The minimum absolute atomic E-state index is 0.0357. The largest absolute Gasteiger partial charge is 0.471 e. The zero-order valence-corrected chi connectivity index (χ0v) is 31.8. The average molecular weight is 777 g/mol. The van der Waals surface area contributed by atoms with Crippen molar-refractivity contribution < 1.29 is 36.7 Å². The van der Waals surface area contributed by atoms with Crippen LogP contribution in [0.25, 0.3) is 11.0 Å². The molecule has 15 nitrogen and oxygen atoms in total. The maximum Gasteiger partial charge on any atom is 0.272 e. The number of rotatable bonds is 8. The first-order chi connectivity index (χ1) is 26.3. The maximum atomic E-state index is 14.6. The zero-order chi connectivity index (χ0) is 39.1. The number of carbonyl (C=O) groups is 4. The van der Waals surface area contributed by atoms with Gasteiger partial charge in [0.05, 0.1) is 22.8 Å². The molecule has 5 atom stereocenters. The second kappa shape index (κ2) is 15.2. The summed E-state index contributed by atoms with van der Waals surface area (Å²) in [5.41, 5.74) is 0.395. The first kappa shape index (κ1) is 38.1. The van der Waals surface area contributed by atoms with Crippen molar-refractivity contribution in [3.8, 4) is 5.88 Å². The van der Waals surface area contributed by atoms with Gasteiger partial charge >= 0.3 is 0 Å². The summed E-state index contributed by atoms with van der Waals surface area (Å²) in [6.07, 6.45) is 10.4. The van der Waals surface area contributed by atoms with Crippen molar-refractivity contribution in [1.29, 1.82) is 0 Å². The number of nitrogens with zero attached hydrogens (tertiary/aromatic N) is 5. The molecule has 2 fully saturated rings. The van der Waals surface area contributed by atoms with Crippen LogP contribution in [0.3, 0.4) is 0 Å². The van der Waals surface area contributed by atoms with Crippen molar-refractivity contribution in [3.05, 3.63) is 71.5 Å². The molecule has 3 aromatic rings. The van der Waals surface area contributed by atoms with E-state index in [1.807, 2.05) is 13.0 Å². The molecule has 292 valence electrons. The van der Waals surface area contributed by atoms with Crippen LogP contribution in [0.15, 0.2) is 48.6 Å². The van der Waals surface area contributed by atoms with Gasteiger partial charge in [-0.05, 0) is 63.6 Å². The number of fused-ring (bicyclic) bond motifs is 3. The Hall–Kier alpha value is -5.19. The van der Waals surface area contributed by atoms with Crippen molar-refractivity contribution >= 4 is 44.7 Å². The maximum absolute atomic E-state index is 14.6. The van der Waals surface area contributed by atoms with Gasteiger partial charge in [-0.1, -0.05) is 44.1 Å². The number of nitrogens with one attached hydrogen (secondary N) is 3. The van der Waals surface area contributed by atoms with Crippen molar-refractivity contribution in [2.75, 3.05) is 6.54 Å². The van der Waals surface area contributed by atoms with Crippen molar-refractivity contribution in [2.24, 2.45) is 13.0 Å². The summed E-state index contributed by atoms with van der Waals surface area (Å²) < 4.78 is 50.1. The van der Waals surface area contributed by atoms with Gasteiger partial charge in [-0.2, -0.15) is 5.10 Å². The molecule has 7 rings (SSSR count). The SMILES string of the molecule is CCc1nc2ccc(F)cc2nc1OC1CC2C(=O)NC3(C(=O)NS(=O)(=O)C4CC4)C=CC3C=CCCCCCC(NC(=O)c3cc(C)n(C)n3)C(=O)N2C1. The van der Waals surface area contributed by atoms with E-state index in [4.69, 9.17) is 4.74 Å². The molecule has 2 aliphatic carbocycles. The van der Waals surface area contributed by atoms with Crippen molar-refractivity contribution in [3.63, 3.8) is 0 Å². The number of benzene rings is 1. The number of halogens is 1. The van der Waals surface area contributed by atoms with Gasteiger partial charge < -0.3 is 20.3 Å². The molecule has 3 N–H and O–H groups in total. The topological polar surface area (TPSA) is 195 Å². The summed E-state index contributed by atoms with van der Waals surface area (Å²) >= 11 is 0. The number of hydrogen-bond donors (Lipinski definition) is 3. The number of ether oxygens (including phenoxy) is 1. The molecule has 2 aliphatic heterocycles. The van der Waals surface area contributed by atoms with Crippen molar-refractivity contribution in [2.45, 2.75) is 101 Å². The molecule has 5 unspecified atom stereocenters. The molecule has 4 amide bonds. The van der Waals surface area contributed by atoms with E-state index in [-0.39, 0.29) is 36.5 Å². The number of amides is 4. The van der Waals surface area contributed by atoms with Gasteiger partial charge in [0.25, 0.3) is 11.8 Å². The van der Waals surface area contributed by atoms with Crippen LogP contribution in [0.2, 0.25) is 0 Å². The molecular formula is C38H45FN8O7S. The molecule has 0 radical (unpaired) electrons. The number of allylic oxidation sites excluding steroid dienone is 1. The standard InChI is InChI=1S/C38H45FN8O7S/c1-4-27-35(42-30-19-24(39)12-15-28(30)40-27)54-25-20-32-34(49)43-38(37(51)45-55(52,53)26-13-14-26)17-16-23(38)10-8-6-5-7-9-11-29(36(50)47(32)21-25)41-33(48)31-18-22(2)46(3)44-31/h8,10,12,15-19,23,25-26,29,32H,4-7,9,11,13-14,20-21H2,1-3H3,(H,41,48)(H,43,49)(H,45,51). The molecule has 1 aromatic carbocycles. The van der Waals surface area contributed by atoms with Gasteiger partial charge in [-0.15, -0.1) is 0 Å². The molecule has 1 saturated heterocycles. The lowest BCUT2D eigenvalue weighted by Crippen LogP contribution is -2.67. The van der Waals surface area contributed by atoms with Crippen LogP contribution in [0, 0.1) is 18.7 Å². The summed E-state index contributed by atoms with van der Waals surface area (Å²) in [6.45, 7) is 3.58. The fraction of sp³-hybridized carbons (Fsp3) is 0.500. The molecule has 55 heavy (non-hydrogen) atoms. The third-order valence-corrected chi connectivity index (χ3v) is 12.6. The third-order valence-electron chi connectivity index (χ3n) is 10.8. The van der Waals surface area contributed by atoms with E-state index < -0.39 is 74.4 Å². The van der Waals surface area contributed by atoms with Gasteiger partial charge in [-0.3, -0.25) is 28.6 Å². The third kappa shape index (κ3) is 7.84. The molecule has 0 bridgehead atoms. The quantitative estimate of drug-likeness (QED) is 0.287. The Kier molecular flexibility index (Phi) is 10.5. The van der Waals surface area contributed by atoms with Gasteiger partial charge in [0.2, 0.25) is 27.7 Å². The normalized spacial score (nSPS) is 25.9. The second-order valence-electron chi connectivity index (χ2n) is 14.7. The Labute approximate surface area is 318 Å². The van der Waals surface area contributed by atoms with E-state index >= 15 is 0 Å². The number of aryl methyl sites for hydroxylation is 3. The van der Waals surface area contributed by atoms with Crippen LogP contribution in [0.4, 0.5) is 4.39 Å². The fourth-order valence-electron chi connectivity index (χ4n) is 7.28. The Balaban J connectivity index is 1.22. The van der Waals surface area contributed by atoms with Crippen LogP contribution >= 0.6 is 0 Å². The minimum atomic E-state index is -3.96. The highest BCUT2D eigenvalue weighted by Gasteiger charge is 2.53. The lowest BCUT2D eigenvalue weighted by molar-refractivity contribution is -0.142. The minimum Gasteiger partial charge on any atom is -0.471 e. The summed E-state index contributed by atoms with van der Waals surface area (Å²) in [6, 6.07) is 3.45. The van der Waals surface area contributed by atoms with Gasteiger partial charge in [0, 0.05) is 31.1 Å². The number of sulfonamides is 1. The van der Waals surface area contributed by atoms with E-state index in [1.165, 1.54) is 29.2 Å². The smallest absolute Gasteiger partial charge is 0.272 e. The molecule has 17 heteroatoms. The Bertz CT molecular complexity index is 2180. The van der Waals surface area contributed by atoms with E-state index in [0.29, 0.717) is 43.3 Å². The highest BCUT2D eigenvalue weighted by atomic mass is 32.2. The molecular weight excluding hydrogens is 732 g/mol. The number of aromatic nitrogens is 4. The van der Waals surface area contributed by atoms with Crippen LogP contribution in [0.1, 0.15) is 80.2 Å². The van der Waals surface area contributed by atoms with E-state index in [9.17, 15) is 32.0 Å². The molecule has 4 aliphatic rings. The monoisotopic (exact) mass is 776 g/mol.